The van der Waals surface area contributed by atoms with Crippen molar-refractivity contribution in [1.29, 1.82) is 0 Å². The normalized spacial score (nSPS) is 16.3. The quantitative estimate of drug-likeness (QED) is 0.888. The Hall–Kier alpha value is -0.880. The number of nitrogens with zero attached hydrogens (tertiary/aromatic N) is 1. The first kappa shape index (κ1) is 20.1. The van der Waals surface area contributed by atoms with Gasteiger partial charge in [0.2, 0.25) is 5.91 Å². The number of nitrogens with one attached hydrogen (secondary N) is 2. The molecule has 120 valence electrons. The largest absolute Gasteiger partial charge is 0.324 e. The van der Waals surface area contributed by atoms with E-state index < -0.39 is 0 Å². The van der Waals surface area contributed by atoms with Gasteiger partial charge in [0.15, 0.2) is 0 Å². The fourth-order valence-corrected chi connectivity index (χ4v) is 2.20. The topological polar surface area (TPSA) is 44.4 Å². The van der Waals surface area contributed by atoms with Gasteiger partial charge in [0.05, 0.1) is 6.04 Å². The Kier molecular flexibility index (Phi) is 8.82. The molecule has 1 aromatic rings. The van der Waals surface area contributed by atoms with E-state index in [9.17, 15) is 9.18 Å². The highest BCUT2D eigenvalue weighted by Gasteiger charge is 2.22. The molecule has 2 N–H and O–H groups in total. The van der Waals surface area contributed by atoms with E-state index >= 15 is 0 Å². The standard InChI is InChI=1S/C14H20FN3O.2ClH/c1-10-3-4-12(15)9-13(10)17-14(19)11(2)18-7-5-16-6-8-18;;/h3-4,9,11,16H,5-8H2,1-2H3,(H,17,19);2*1H. The third kappa shape index (κ3) is 5.43. The van der Waals surface area contributed by atoms with Crippen molar-refractivity contribution in [2.45, 2.75) is 19.9 Å². The van der Waals surface area contributed by atoms with Gasteiger partial charge < -0.3 is 10.6 Å². The minimum absolute atomic E-state index is 0. The molecule has 21 heavy (non-hydrogen) atoms. The maximum absolute atomic E-state index is 13.2. The van der Waals surface area contributed by atoms with E-state index in [0.717, 1.165) is 31.7 Å². The number of hydrogen-bond donors (Lipinski definition) is 2. The van der Waals surface area contributed by atoms with Crippen LogP contribution in [0.25, 0.3) is 0 Å². The van der Waals surface area contributed by atoms with Gasteiger partial charge >= 0.3 is 0 Å². The van der Waals surface area contributed by atoms with Crippen LogP contribution in [0.3, 0.4) is 0 Å². The second-order valence-electron chi connectivity index (χ2n) is 4.91. The van der Waals surface area contributed by atoms with Gasteiger partial charge in [-0.1, -0.05) is 6.07 Å². The minimum Gasteiger partial charge on any atom is -0.324 e. The highest BCUT2D eigenvalue weighted by molar-refractivity contribution is 5.95. The number of halogens is 3. The molecule has 1 fully saturated rings. The zero-order valence-corrected chi connectivity index (χ0v) is 13.8. The number of hydrogen-bond acceptors (Lipinski definition) is 3. The van der Waals surface area contributed by atoms with Crippen LogP contribution < -0.4 is 10.6 Å². The zero-order valence-electron chi connectivity index (χ0n) is 12.2. The molecular formula is C14H22Cl2FN3O. The molecule has 1 aliphatic heterocycles. The predicted octanol–water partition coefficient (Wildman–Crippen LogP) is 2.21. The fraction of sp³-hybridized carbons (Fsp3) is 0.500. The fourth-order valence-electron chi connectivity index (χ4n) is 2.20. The van der Waals surface area contributed by atoms with Crippen LogP contribution in [-0.2, 0) is 4.79 Å². The Balaban J connectivity index is 0.00000200. The number of piperazine rings is 1. The smallest absolute Gasteiger partial charge is 0.241 e. The van der Waals surface area contributed by atoms with Crippen LogP contribution in [0.2, 0.25) is 0 Å². The summed E-state index contributed by atoms with van der Waals surface area (Å²) in [5.74, 6) is -0.425. The number of aryl methyl sites for hydroxylation is 1. The van der Waals surface area contributed by atoms with Crippen LogP contribution >= 0.6 is 24.8 Å². The van der Waals surface area contributed by atoms with Crippen LogP contribution in [0.4, 0.5) is 10.1 Å². The van der Waals surface area contributed by atoms with Crippen LogP contribution in [0.1, 0.15) is 12.5 Å². The van der Waals surface area contributed by atoms with Crippen molar-refractivity contribution >= 4 is 36.4 Å². The van der Waals surface area contributed by atoms with Crippen molar-refractivity contribution in [2.24, 2.45) is 0 Å². The van der Waals surface area contributed by atoms with Gasteiger partial charge in [0, 0.05) is 31.9 Å². The Morgan fingerprint density at radius 2 is 1.95 bits per heavy atom. The minimum atomic E-state index is -0.337. The molecule has 0 bridgehead atoms. The van der Waals surface area contributed by atoms with Gasteiger partial charge in [-0.25, -0.2) is 4.39 Å². The number of benzene rings is 1. The first-order valence-corrected chi connectivity index (χ1v) is 6.59. The third-order valence-electron chi connectivity index (χ3n) is 3.54. The summed E-state index contributed by atoms with van der Waals surface area (Å²) in [6.07, 6.45) is 0. The lowest BCUT2D eigenvalue weighted by Gasteiger charge is -2.31. The van der Waals surface area contributed by atoms with Gasteiger partial charge in [-0.2, -0.15) is 0 Å². The third-order valence-corrected chi connectivity index (χ3v) is 3.54. The van der Waals surface area contributed by atoms with E-state index in [1.807, 2.05) is 13.8 Å². The second-order valence-corrected chi connectivity index (χ2v) is 4.91. The summed E-state index contributed by atoms with van der Waals surface area (Å²) in [4.78, 5) is 14.3. The Morgan fingerprint density at radius 3 is 2.57 bits per heavy atom. The molecule has 0 aromatic heterocycles. The van der Waals surface area contributed by atoms with E-state index in [-0.39, 0.29) is 42.6 Å². The Bertz CT molecular complexity index is 468. The molecule has 1 saturated heterocycles. The van der Waals surface area contributed by atoms with Crippen LogP contribution in [-0.4, -0.2) is 43.0 Å². The molecule has 0 spiro atoms. The highest BCUT2D eigenvalue weighted by Crippen LogP contribution is 2.16. The van der Waals surface area contributed by atoms with Gasteiger partial charge in [0.1, 0.15) is 5.82 Å². The zero-order chi connectivity index (χ0) is 13.8. The van der Waals surface area contributed by atoms with Crippen LogP contribution in [0.5, 0.6) is 0 Å². The van der Waals surface area contributed by atoms with Gasteiger partial charge in [-0.05, 0) is 31.5 Å². The maximum atomic E-state index is 13.2. The number of carbonyl (C=O) groups excluding carboxylic acids is 1. The number of anilines is 1. The molecule has 1 unspecified atom stereocenters. The summed E-state index contributed by atoms with van der Waals surface area (Å²) < 4.78 is 13.2. The number of rotatable bonds is 3. The van der Waals surface area contributed by atoms with E-state index in [0.29, 0.717) is 5.69 Å². The first-order valence-electron chi connectivity index (χ1n) is 6.59. The lowest BCUT2D eigenvalue weighted by atomic mass is 10.1. The average molecular weight is 338 g/mol. The molecule has 0 aliphatic carbocycles. The van der Waals surface area contributed by atoms with E-state index in [2.05, 4.69) is 15.5 Å². The highest BCUT2D eigenvalue weighted by atomic mass is 35.5. The maximum Gasteiger partial charge on any atom is 0.241 e. The monoisotopic (exact) mass is 337 g/mol. The molecular weight excluding hydrogens is 316 g/mol. The van der Waals surface area contributed by atoms with Crippen molar-refractivity contribution in [1.82, 2.24) is 10.2 Å². The Labute approximate surface area is 137 Å². The molecule has 1 amide bonds. The molecule has 4 nitrogen and oxygen atoms in total. The van der Waals surface area contributed by atoms with Crippen molar-refractivity contribution in [3.05, 3.63) is 29.6 Å². The van der Waals surface area contributed by atoms with Crippen molar-refractivity contribution in [3.63, 3.8) is 0 Å². The first-order chi connectivity index (χ1) is 9.08. The van der Waals surface area contributed by atoms with Gasteiger partial charge in [-0.3, -0.25) is 9.69 Å². The second kappa shape index (κ2) is 9.20. The van der Waals surface area contributed by atoms with Gasteiger partial charge in [-0.15, -0.1) is 24.8 Å². The van der Waals surface area contributed by atoms with Crippen molar-refractivity contribution in [2.75, 3.05) is 31.5 Å². The summed E-state index contributed by atoms with van der Waals surface area (Å²) in [5.41, 5.74) is 1.41. The molecule has 7 heteroatoms. The van der Waals surface area contributed by atoms with Crippen LogP contribution in [0.15, 0.2) is 18.2 Å². The predicted molar refractivity (Wildman–Crippen MR) is 88.2 cm³/mol. The number of amides is 1. The van der Waals surface area contributed by atoms with Crippen LogP contribution in [0, 0.1) is 12.7 Å². The molecule has 0 saturated carbocycles. The summed E-state index contributed by atoms with van der Waals surface area (Å²) >= 11 is 0. The molecule has 2 rings (SSSR count). The SMILES string of the molecule is Cc1ccc(F)cc1NC(=O)C(C)N1CCNCC1.Cl.Cl. The molecule has 1 aliphatic rings. The summed E-state index contributed by atoms with van der Waals surface area (Å²) in [7, 11) is 0. The summed E-state index contributed by atoms with van der Waals surface area (Å²) in [6, 6.07) is 4.22. The number of carbonyl (C=O) groups is 1. The van der Waals surface area contributed by atoms with E-state index in [1.54, 1.807) is 6.07 Å². The summed E-state index contributed by atoms with van der Waals surface area (Å²) in [5, 5.41) is 6.06. The average Bonchev–Trinajstić information content (AvgIpc) is 2.43. The lowest BCUT2D eigenvalue weighted by Crippen LogP contribution is -2.51. The Morgan fingerprint density at radius 1 is 1.33 bits per heavy atom. The van der Waals surface area contributed by atoms with Crippen molar-refractivity contribution < 1.29 is 9.18 Å². The lowest BCUT2D eigenvalue weighted by molar-refractivity contribution is -0.120. The molecule has 1 atom stereocenters. The molecule has 0 radical (unpaired) electrons. The van der Waals surface area contributed by atoms with E-state index in [4.69, 9.17) is 0 Å². The summed E-state index contributed by atoms with van der Waals surface area (Å²) in [6.45, 7) is 7.25. The van der Waals surface area contributed by atoms with Crippen molar-refractivity contribution in [3.8, 4) is 0 Å². The van der Waals surface area contributed by atoms with E-state index in [1.165, 1.54) is 12.1 Å². The van der Waals surface area contributed by atoms with Gasteiger partial charge in [0.25, 0.3) is 0 Å². The molecule has 1 heterocycles. The molecule has 1 aromatic carbocycles.